The van der Waals surface area contributed by atoms with Crippen LogP contribution < -0.4 is 0 Å². The largest absolute Gasteiger partial charge is 0.261 e. The van der Waals surface area contributed by atoms with Crippen molar-refractivity contribution in [2.75, 3.05) is 0 Å². The van der Waals surface area contributed by atoms with Gasteiger partial charge in [0.1, 0.15) is 6.54 Å². The molecule has 6 heteroatoms. The van der Waals surface area contributed by atoms with Crippen molar-refractivity contribution in [1.29, 1.82) is 5.26 Å². The molecule has 0 aliphatic rings. The maximum absolute atomic E-state index is 8.60. The number of rotatable bonds is 2. The van der Waals surface area contributed by atoms with E-state index >= 15 is 0 Å². The van der Waals surface area contributed by atoms with Crippen LogP contribution in [0.3, 0.4) is 0 Å². The lowest BCUT2D eigenvalue weighted by Gasteiger charge is -1.97. The molecule has 0 aliphatic carbocycles. The van der Waals surface area contributed by atoms with E-state index in [1.807, 2.05) is 12.3 Å². The van der Waals surface area contributed by atoms with Crippen molar-refractivity contribution in [2.24, 2.45) is 0 Å². The predicted molar refractivity (Wildman–Crippen MR) is 60.7 cm³/mol. The zero-order valence-electron chi connectivity index (χ0n) is 8.83. The Morgan fingerprint density at radius 1 is 1.41 bits per heavy atom. The van der Waals surface area contributed by atoms with Crippen LogP contribution in [0.5, 0.6) is 0 Å². The molecule has 0 aromatic carbocycles. The van der Waals surface area contributed by atoms with E-state index in [1.165, 1.54) is 0 Å². The minimum Gasteiger partial charge on any atom is -0.261 e. The molecule has 6 nitrogen and oxygen atoms in total. The summed E-state index contributed by atoms with van der Waals surface area (Å²) in [7, 11) is 0. The fraction of sp³-hybridized carbons (Fsp3) is 0.0909. The van der Waals surface area contributed by atoms with Gasteiger partial charge in [-0.1, -0.05) is 0 Å². The van der Waals surface area contributed by atoms with Gasteiger partial charge in [-0.3, -0.25) is 9.78 Å². The van der Waals surface area contributed by atoms with Crippen molar-refractivity contribution in [1.82, 2.24) is 25.0 Å². The molecule has 3 aromatic heterocycles. The number of hydrogen-bond acceptors (Lipinski definition) is 4. The van der Waals surface area contributed by atoms with E-state index in [-0.39, 0.29) is 6.54 Å². The van der Waals surface area contributed by atoms with Crippen molar-refractivity contribution in [3.63, 3.8) is 0 Å². The van der Waals surface area contributed by atoms with E-state index in [4.69, 9.17) is 5.26 Å². The van der Waals surface area contributed by atoms with E-state index in [0.717, 1.165) is 22.2 Å². The molecule has 1 N–H and O–H groups in total. The monoisotopic (exact) mass is 224 g/mol. The average Bonchev–Trinajstić information content (AvgIpc) is 2.96. The molecule has 0 unspecified atom stereocenters. The summed E-state index contributed by atoms with van der Waals surface area (Å²) in [4.78, 5) is 4.17. The number of nitrogens with one attached hydrogen (secondary N) is 1. The summed E-state index contributed by atoms with van der Waals surface area (Å²) >= 11 is 0. The Kier molecular flexibility index (Phi) is 2.09. The second-order valence-electron chi connectivity index (χ2n) is 3.58. The zero-order chi connectivity index (χ0) is 11.7. The van der Waals surface area contributed by atoms with Gasteiger partial charge in [0, 0.05) is 23.3 Å². The minimum absolute atomic E-state index is 0.250. The quantitative estimate of drug-likeness (QED) is 0.712. The first-order chi connectivity index (χ1) is 8.38. The summed E-state index contributed by atoms with van der Waals surface area (Å²) in [6.07, 6.45) is 7.03. The van der Waals surface area contributed by atoms with Gasteiger partial charge < -0.3 is 0 Å². The average molecular weight is 224 g/mol. The maximum Gasteiger partial charge on any atom is 0.155 e. The molecular weight excluding hydrogens is 216 g/mol. The first kappa shape index (κ1) is 9.54. The Balaban J connectivity index is 2.14. The lowest BCUT2D eigenvalue weighted by atomic mass is 10.1. The molecule has 0 atom stereocenters. The van der Waals surface area contributed by atoms with Crippen LogP contribution in [0.2, 0.25) is 0 Å². The van der Waals surface area contributed by atoms with Crippen molar-refractivity contribution in [3.8, 4) is 17.2 Å². The molecule has 3 aromatic rings. The normalized spacial score (nSPS) is 10.5. The van der Waals surface area contributed by atoms with Crippen LogP contribution in [0, 0.1) is 11.3 Å². The summed E-state index contributed by atoms with van der Waals surface area (Å²) < 4.78 is 1.60. The Labute approximate surface area is 96.5 Å². The van der Waals surface area contributed by atoms with Gasteiger partial charge in [0.15, 0.2) is 5.65 Å². The number of H-pyrrole nitrogens is 1. The number of nitriles is 1. The molecule has 3 rings (SSSR count). The van der Waals surface area contributed by atoms with Crippen molar-refractivity contribution < 1.29 is 0 Å². The van der Waals surface area contributed by atoms with Crippen molar-refractivity contribution in [3.05, 3.63) is 30.9 Å². The standard InChI is InChI=1S/C11H8N6/c12-2-4-17-7-8(5-15-17)9-1-3-13-11-10(9)6-14-16-11/h1,3,5-7H,4H2,(H,13,14,16). The highest BCUT2D eigenvalue weighted by molar-refractivity contribution is 5.91. The van der Waals surface area contributed by atoms with Gasteiger partial charge in [-0.15, -0.1) is 0 Å². The van der Waals surface area contributed by atoms with Gasteiger partial charge in [0.2, 0.25) is 0 Å². The minimum atomic E-state index is 0.250. The highest BCUT2D eigenvalue weighted by Crippen LogP contribution is 2.25. The first-order valence-electron chi connectivity index (χ1n) is 5.06. The predicted octanol–water partition coefficient (Wildman–Crippen LogP) is 1.34. The molecule has 0 saturated carbocycles. The lowest BCUT2D eigenvalue weighted by molar-refractivity contribution is 0.710. The Hall–Kier alpha value is -2.68. The molecule has 82 valence electrons. The third kappa shape index (κ3) is 1.54. The molecule has 17 heavy (non-hydrogen) atoms. The molecule has 3 heterocycles. The lowest BCUT2D eigenvalue weighted by Crippen LogP contribution is -1.93. The molecule has 0 fully saturated rings. The fourth-order valence-corrected chi connectivity index (χ4v) is 1.76. The molecule has 0 radical (unpaired) electrons. The van der Waals surface area contributed by atoms with Crippen LogP contribution >= 0.6 is 0 Å². The van der Waals surface area contributed by atoms with Crippen molar-refractivity contribution >= 4 is 11.0 Å². The molecule has 0 amide bonds. The smallest absolute Gasteiger partial charge is 0.155 e. The van der Waals surface area contributed by atoms with Gasteiger partial charge in [-0.2, -0.15) is 15.5 Å². The SMILES string of the molecule is N#CCn1cc(-c2ccnc3[nH]ncc23)cn1. The van der Waals surface area contributed by atoms with Gasteiger partial charge >= 0.3 is 0 Å². The number of hydrogen-bond donors (Lipinski definition) is 1. The number of aromatic nitrogens is 5. The first-order valence-corrected chi connectivity index (χ1v) is 5.06. The fourth-order valence-electron chi connectivity index (χ4n) is 1.76. The highest BCUT2D eigenvalue weighted by atomic mass is 15.3. The van der Waals surface area contributed by atoms with Crippen LogP contribution in [0.1, 0.15) is 0 Å². The zero-order valence-corrected chi connectivity index (χ0v) is 8.83. The summed E-state index contributed by atoms with van der Waals surface area (Å²) in [5, 5.41) is 20.5. The molecular formula is C11H8N6. The highest BCUT2D eigenvalue weighted by Gasteiger charge is 2.07. The summed E-state index contributed by atoms with van der Waals surface area (Å²) in [5.74, 6) is 0. The topological polar surface area (TPSA) is 83.2 Å². The van der Waals surface area contributed by atoms with Crippen LogP contribution in [-0.2, 0) is 6.54 Å². The van der Waals surface area contributed by atoms with Crippen LogP contribution in [0.4, 0.5) is 0 Å². The van der Waals surface area contributed by atoms with Crippen molar-refractivity contribution in [2.45, 2.75) is 6.54 Å². The third-order valence-corrected chi connectivity index (χ3v) is 2.53. The van der Waals surface area contributed by atoms with Gasteiger partial charge in [-0.25, -0.2) is 4.98 Å². The number of pyridine rings is 1. The van der Waals surface area contributed by atoms with Gasteiger partial charge in [0.25, 0.3) is 0 Å². The summed E-state index contributed by atoms with van der Waals surface area (Å²) in [6, 6.07) is 3.96. The Morgan fingerprint density at radius 3 is 3.24 bits per heavy atom. The van der Waals surface area contributed by atoms with Crippen LogP contribution in [-0.4, -0.2) is 25.0 Å². The molecule has 0 spiro atoms. The number of fused-ring (bicyclic) bond motifs is 1. The number of nitrogens with zero attached hydrogens (tertiary/aromatic N) is 5. The second kappa shape index (κ2) is 3.72. The molecule has 0 bridgehead atoms. The van der Waals surface area contributed by atoms with E-state index in [1.54, 1.807) is 23.3 Å². The van der Waals surface area contributed by atoms with Gasteiger partial charge in [0.05, 0.1) is 18.5 Å². The third-order valence-electron chi connectivity index (χ3n) is 2.53. The Bertz CT molecular complexity index is 702. The van der Waals surface area contributed by atoms with Crippen LogP contribution in [0.15, 0.2) is 30.9 Å². The van der Waals surface area contributed by atoms with E-state index in [0.29, 0.717) is 0 Å². The summed E-state index contributed by atoms with van der Waals surface area (Å²) in [5.41, 5.74) is 2.71. The van der Waals surface area contributed by atoms with Crippen LogP contribution in [0.25, 0.3) is 22.2 Å². The molecule has 0 saturated heterocycles. The maximum atomic E-state index is 8.60. The Morgan fingerprint density at radius 2 is 2.35 bits per heavy atom. The van der Waals surface area contributed by atoms with E-state index < -0.39 is 0 Å². The molecule has 0 aliphatic heterocycles. The van der Waals surface area contributed by atoms with Gasteiger partial charge in [-0.05, 0) is 11.6 Å². The number of aromatic amines is 1. The van der Waals surface area contributed by atoms with E-state index in [9.17, 15) is 0 Å². The summed E-state index contributed by atoms with van der Waals surface area (Å²) in [6.45, 7) is 0.250. The second-order valence-corrected chi connectivity index (χ2v) is 3.58. The van der Waals surface area contributed by atoms with E-state index in [2.05, 4.69) is 26.3 Å².